The van der Waals surface area contributed by atoms with Crippen molar-refractivity contribution in [3.8, 4) is 11.1 Å². The van der Waals surface area contributed by atoms with Crippen LogP contribution in [-0.4, -0.2) is 75.0 Å². The first-order valence-corrected chi connectivity index (χ1v) is 15.7. The first-order chi connectivity index (χ1) is 20.8. The van der Waals surface area contributed by atoms with Crippen molar-refractivity contribution in [2.24, 2.45) is 5.92 Å². The van der Waals surface area contributed by atoms with Gasteiger partial charge in [-0.15, -0.1) is 0 Å². The number of carbonyl (C=O) groups is 2. The number of rotatable bonds is 8. The number of alkyl halides is 1. The summed E-state index contributed by atoms with van der Waals surface area (Å²) < 4.78 is 38.1. The molecule has 5 rings (SSSR count). The Bertz CT molecular complexity index is 1500. The third kappa shape index (κ3) is 6.90. The molecule has 1 N–H and O–H groups in total. The number of fused-ring (bicyclic) bond motifs is 1. The number of hydrogen-bond acceptors (Lipinski definition) is 5. The van der Waals surface area contributed by atoms with Crippen LogP contribution in [-0.2, 0) is 10.4 Å². The van der Waals surface area contributed by atoms with E-state index in [1.165, 1.54) is 12.1 Å². The molecular weight excluding hydrogens is 564 g/mol. The molecule has 1 aliphatic carbocycles. The van der Waals surface area contributed by atoms with Crippen molar-refractivity contribution in [2.75, 3.05) is 26.2 Å². The molecule has 8 nitrogen and oxygen atoms in total. The zero-order valence-electron chi connectivity index (χ0n) is 26.7. The number of nitrogens with one attached hydrogen (secondary N) is 1. The number of aromatic nitrogens is 2. The molecule has 3 aromatic rings. The molecule has 1 aromatic carbocycles. The Labute approximate surface area is 258 Å². The Morgan fingerprint density at radius 1 is 1.14 bits per heavy atom. The van der Waals surface area contributed by atoms with Crippen molar-refractivity contribution in [3.63, 3.8) is 0 Å². The van der Waals surface area contributed by atoms with E-state index in [1.807, 2.05) is 41.5 Å². The number of likely N-dealkylation sites (tertiary alicyclic amines) is 1. The maximum Gasteiger partial charge on any atom is 0.407 e. The fourth-order valence-corrected chi connectivity index (χ4v) is 6.62. The molecule has 0 bridgehead atoms. The SMILES string of the molecule is CCN(C(=O)c1cc(F)ccc1-c1cc(C2(F)CN(CC3CCC(NC(=O)OC(C)(C)C)CC3)C2)cn2cncc12)C(C)C. The number of pyridine rings is 1. The molecule has 2 amide bonds. The second kappa shape index (κ2) is 12.5. The zero-order chi connectivity index (χ0) is 31.8. The second-order valence-electron chi connectivity index (χ2n) is 13.7. The minimum atomic E-state index is -1.56. The van der Waals surface area contributed by atoms with E-state index >= 15 is 4.39 Å². The maximum atomic E-state index is 16.5. The Hall–Kier alpha value is -3.53. The van der Waals surface area contributed by atoms with E-state index in [0.29, 0.717) is 29.2 Å². The van der Waals surface area contributed by atoms with Crippen molar-refractivity contribution >= 4 is 17.5 Å². The number of benzene rings is 1. The van der Waals surface area contributed by atoms with Gasteiger partial charge in [0.05, 0.1) is 23.6 Å². The Balaban J connectivity index is 1.29. The summed E-state index contributed by atoms with van der Waals surface area (Å²) in [5.74, 6) is -0.317. The first kappa shape index (κ1) is 31.9. The lowest BCUT2D eigenvalue weighted by atomic mass is 9.82. The van der Waals surface area contributed by atoms with Gasteiger partial charge in [-0.3, -0.25) is 9.69 Å². The standard InChI is InChI=1S/C34H45F2N5O3/c1-7-41(22(2)3)31(42)29-15-25(35)10-13-27(29)28-14-24(18-40-21-37-16-30(28)40)34(36)19-39(20-34)17-23-8-11-26(12-9-23)38-32(43)44-33(4,5)6/h10,13-16,18,21-23,26H,7-9,11-12,17,19-20H2,1-6H3,(H,38,43). The monoisotopic (exact) mass is 609 g/mol. The van der Waals surface area contributed by atoms with Gasteiger partial charge in [-0.05, 0) is 96.9 Å². The molecule has 238 valence electrons. The molecule has 44 heavy (non-hydrogen) atoms. The summed E-state index contributed by atoms with van der Waals surface area (Å²) in [6, 6.07) is 6.07. The van der Waals surface area contributed by atoms with Gasteiger partial charge in [-0.25, -0.2) is 18.6 Å². The third-order valence-electron chi connectivity index (χ3n) is 8.80. The van der Waals surface area contributed by atoms with Crippen LogP contribution in [0.25, 0.3) is 16.6 Å². The summed E-state index contributed by atoms with van der Waals surface area (Å²) in [4.78, 5) is 33.8. The van der Waals surface area contributed by atoms with E-state index in [2.05, 4.69) is 15.2 Å². The van der Waals surface area contributed by atoms with E-state index < -0.39 is 17.1 Å². The van der Waals surface area contributed by atoms with Crippen LogP contribution in [0, 0.1) is 11.7 Å². The summed E-state index contributed by atoms with van der Waals surface area (Å²) in [6.45, 7) is 13.2. The van der Waals surface area contributed by atoms with E-state index in [9.17, 15) is 14.0 Å². The zero-order valence-corrected chi connectivity index (χ0v) is 26.7. The molecule has 0 atom stereocenters. The highest BCUT2D eigenvalue weighted by Gasteiger charge is 2.46. The summed E-state index contributed by atoms with van der Waals surface area (Å²) in [6.07, 6.45) is 8.40. The lowest BCUT2D eigenvalue weighted by molar-refractivity contribution is -0.0475. The highest BCUT2D eigenvalue weighted by molar-refractivity contribution is 6.03. The largest absolute Gasteiger partial charge is 0.444 e. The Morgan fingerprint density at radius 2 is 1.84 bits per heavy atom. The summed E-state index contributed by atoms with van der Waals surface area (Å²) in [7, 11) is 0. The van der Waals surface area contributed by atoms with Gasteiger partial charge in [0.25, 0.3) is 5.91 Å². The van der Waals surface area contributed by atoms with Gasteiger partial charge >= 0.3 is 6.09 Å². The minimum Gasteiger partial charge on any atom is -0.444 e. The van der Waals surface area contributed by atoms with Gasteiger partial charge in [0, 0.05) is 55.6 Å². The molecular formula is C34H45F2N5O3. The van der Waals surface area contributed by atoms with Gasteiger partial charge in [0.15, 0.2) is 5.67 Å². The molecule has 0 unspecified atom stereocenters. The molecule has 2 aromatic heterocycles. The van der Waals surface area contributed by atoms with Crippen LogP contribution in [0.15, 0.2) is 43.0 Å². The quantitative estimate of drug-likeness (QED) is 0.312. The highest BCUT2D eigenvalue weighted by atomic mass is 19.1. The van der Waals surface area contributed by atoms with Crippen LogP contribution in [0.1, 0.15) is 83.1 Å². The number of imidazole rings is 1. The number of halogens is 2. The Morgan fingerprint density at radius 3 is 2.48 bits per heavy atom. The van der Waals surface area contributed by atoms with Crippen LogP contribution in [0.5, 0.6) is 0 Å². The highest BCUT2D eigenvalue weighted by Crippen LogP contribution is 2.41. The molecule has 2 aliphatic rings. The molecule has 1 saturated carbocycles. The maximum absolute atomic E-state index is 16.5. The number of carbonyl (C=O) groups excluding carboxylic acids is 2. The molecule has 2 fully saturated rings. The van der Waals surface area contributed by atoms with E-state index in [-0.39, 0.29) is 42.7 Å². The average molecular weight is 610 g/mol. The smallest absolute Gasteiger partial charge is 0.407 e. The predicted molar refractivity (Wildman–Crippen MR) is 167 cm³/mol. The molecule has 0 radical (unpaired) electrons. The number of hydrogen-bond donors (Lipinski definition) is 1. The van der Waals surface area contributed by atoms with Gasteiger partial charge in [0.2, 0.25) is 0 Å². The second-order valence-corrected chi connectivity index (χ2v) is 13.7. The Kier molecular flexibility index (Phi) is 9.03. The molecule has 1 saturated heterocycles. The van der Waals surface area contributed by atoms with Gasteiger partial charge in [0.1, 0.15) is 11.4 Å². The fraction of sp³-hybridized carbons (Fsp3) is 0.559. The van der Waals surface area contributed by atoms with Gasteiger partial charge in [-0.2, -0.15) is 0 Å². The van der Waals surface area contributed by atoms with Crippen molar-refractivity contribution in [1.29, 1.82) is 0 Å². The van der Waals surface area contributed by atoms with Crippen LogP contribution >= 0.6 is 0 Å². The lowest BCUT2D eigenvalue weighted by Gasteiger charge is -2.47. The number of nitrogens with zero attached hydrogens (tertiary/aromatic N) is 4. The lowest BCUT2D eigenvalue weighted by Crippen LogP contribution is -2.58. The van der Waals surface area contributed by atoms with Crippen LogP contribution in [0.2, 0.25) is 0 Å². The van der Waals surface area contributed by atoms with E-state index in [0.717, 1.165) is 37.7 Å². The van der Waals surface area contributed by atoms with Crippen molar-refractivity contribution in [3.05, 3.63) is 59.9 Å². The number of alkyl carbamates (subject to hydrolysis) is 1. The fourth-order valence-electron chi connectivity index (χ4n) is 6.62. The summed E-state index contributed by atoms with van der Waals surface area (Å²) in [5, 5.41) is 2.98. The van der Waals surface area contributed by atoms with E-state index in [1.54, 1.807) is 40.2 Å². The number of amides is 2. The normalized spacial score (nSPS) is 20.4. The third-order valence-corrected chi connectivity index (χ3v) is 8.80. The number of ether oxygens (including phenoxy) is 1. The van der Waals surface area contributed by atoms with Crippen molar-refractivity contribution in [2.45, 2.75) is 90.6 Å². The molecule has 0 spiro atoms. The van der Waals surface area contributed by atoms with Crippen LogP contribution < -0.4 is 5.32 Å². The first-order valence-electron chi connectivity index (χ1n) is 15.7. The molecule has 1 aliphatic heterocycles. The molecule has 10 heteroatoms. The minimum absolute atomic E-state index is 0.0590. The van der Waals surface area contributed by atoms with Crippen molar-refractivity contribution in [1.82, 2.24) is 24.5 Å². The van der Waals surface area contributed by atoms with Crippen LogP contribution in [0.4, 0.5) is 13.6 Å². The summed E-state index contributed by atoms with van der Waals surface area (Å²) >= 11 is 0. The predicted octanol–water partition coefficient (Wildman–Crippen LogP) is 6.57. The van der Waals surface area contributed by atoms with Gasteiger partial charge in [-0.1, -0.05) is 6.07 Å². The van der Waals surface area contributed by atoms with Gasteiger partial charge < -0.3 is 19.4 Å². The summed E-state index contributed by atoms with van der Waals surface area (Å²) in [5.41, 5.74) is 0.607. The molecule has 3 heterocycles. The van der Waals surface area contributed by atoms with E-state index in [4.69, 9.17) is 4.74 Å². The topological polar surface area (TPSA) is 79.2 Å². The van der Waals surface area contributed by atoms with Crippen LogP contribution in [0.3, 0.4) is 0 Å². The average Bonchev–Trinajstić information content (AvgIpc) is 3.41. The van der Waals surface area contributed by atoms with Crippen molar-refractivity contribution < 1.29 is 23.1 Å².